The van der Waals surface area contributed by atoms with Crippen molar-refractivity contribution in [2.24, 2.45) is 11.6 Å². The number of carbonyl (C=O) groups is 1. The highest BCUT2D eigenvalue weighted by Crippen LogP contribution is 2.20. The molecule has 0 fully saturated rings. The average Bonchev–Trinajstić information content (AvgIpc) is 2.27. The second-order valence-electron chi connectivity index (χ2n) is 3.08. The molecule has 0 saturated carbocycles. The van der Waals surface area contributed by atoms with Crippen molar-refractivity contribution >= 4 is 22.5 Å². The summed E-state index contributed by atoms with van der Waals surface area (Å²) in [6.45, 7) is 0. The summed E-state index contributed by atoms with van der Waals surface area (Å²) in [5, 5.41) is 0.852. The van der Waals surface area contributed by atoms with Gasteiger partial charge in [0.1, 0.15) is 5.69 Å². The molecular weight excluding hydrogens is 192 g/mol. The number of nitrogens with two attached hydrogens (primary N) is 2. The lowest BCUT2D eigenvalue weighted by atomic mass is 10.1. The number of amides is 1. The van der Waals surface area contributed by atoms with Gasteiger partial charge in [-0.15, -0.1) is 0 Å². The molecule has 5 nitrogen and oxygen atoms in total. The Hall–Kier alpha value is -2.14. The minimum absolute atomic E-state index is 0.247. The zero-order valence-corrected chi connectivity index (χ0v) is 7.90. The van der Waals surface area contributed by atoms with Crippen molar-refractivity contribution in [2.75, 3.05) is 5.43 Å². The molecular formula is C10H10N4O. The highest BCUT2D eigenvalue weighted by Gasteiger charge is 2.05. The lowest BCUT2D eigenvalue weighted by molar-refractivity contribution is 0.0996. The third-order valence-electron chi connectivity index (χ3n) is 2.14. The summed E-state index contributed by atoms with van der Waals surface area (Å²) < 4.78 is 0. The van der Waals surface area contributed by atoms with Crippen LogP contribution in [0.1, 0.15) is 10.5 Å². The Morgan fingerprint density at radius 2 is 2.07 bits per heavy atom. The van der Waals surface area contributed by atoms with Crippen LogP contribution in [-0.4, -0.2) is 10.9 Å². The molecule has 0 saturated heterocycles. The second kappa shape index (κ2) is 3.55. The molecule has 0 bridgehead atoms. The maximum atomic E-state index is 10.9. The van der Waals surface area contributed by atoms with Crippen molar-refractivity contribution in [1.29, 1.82) is 0 Å². The smallest absolute Gasteiger partial charge is 0.267 e. The van der Waals surface area contributed by atoms with Crippen LogP contribution in [0.15, 0.2) is 30.3 Å². The topological polar surface area (TPSA) is 94.0 Å². The van der Waals surface area contributed by atoms with Crippen LogP contribution in [0.5, 0.6) is 0 Å². The van der Waals surface area contributed by atoms with Gasteiger partial charge in [-0.05, 0) is 24.3 Å². The summed E-state index contributed by atoms with van der Waals surface area (Å²) in [4.78, 5) is 15.0. The molecule has 2 rings (SSSR count). The van der Waals surface area contributed by atoms with Gasteiger partial charge in [-0.3, -0.25) is 10.6 Å². The normalized spacial score (nSPS) is 10.2. The summed E-state index contributed by atoms with van der Waals surface area (Å²) in [7, 11) is 0. The van der Waals surface area contributed by atoms with Gasteiger partial charge < -0.3 is 11.2 Å². The van der Waals surface area contributed by atoms with Gasteiger partial charge in [0.05, 0.1) is 11.2 Å². The standard InChI is InChI=1S/C10H10N4O/c11-10(15)9-5-4-6-7(13-9)2-1-3-8(6)14-12/h1-5,14H,12H2,(H2,11,15). The van der Waals surface area contributed by atoms with Crippen LogP contribution in [0.3, 0.4) is 0 Å². The number of nitrogens with zero attached hydrogens (tertiary/aromatic N) is 1. The SMILES string of the molecule is NNc1cccc2nc(C(N)=O)ccc12. The van der Waals surface area contributed by atoms with Crippen molar-refractivity contribution in [3.63, 3.8) is 0 Å². The van der Waals surface area contributed by atoms with Crippen LogP contribution >= 0.6 is 0 Å². The number of carbonyl (C=O) groups excluding carboxylic acids is 1. The van der Waals surface area contributed by atoms with Gasteiger partial charge in [0.25, 0.3) is 5.91 Å². The van der Waals surface area contributed by atoms with Crippen LogP contribution in [0.4, 0.5) is 5.69 Å². The van der Waals surface area contributed by atoms with Crippen LogP contribution in [0.2, 0.25) is 0 Å². The number of nitrogens with one attached hydrogen (secondary N) is 1. The summed E-state index contributed by atoms with van der Waals surface area (Å²) in [5.74, 6) is 4.81. The number of benzene rings is 1. The molecule has 1 amide bonds. The van der Waals surface area contributed by atoms with E-state index < -0.39 is 5.91 Å². The number of nitrogen functional groups attached to an aromatic ring is 1. The van der Waals surface area contributed by atoms with Gasteiger partial charge in [-0.2, -0.15) is 0 Å². The Kier molecular flexibility index (Phi) is 2.23. The van der Waals surface area contributed by atoms with E-state index >= 15 is 0 Å². The van der Waals surface area contributed by atoms with E-state index in [1.54, 1.807) is 24.3 Å². The fourth-order valence-corrected chi connectivity index (χ4v) is 1.42. The Bertz CT molecular complexity index is 524. The molecule has 0 aliphatic rings. The monoisotopic (exact) mass is 202 g/mol. The predicted molar refractivity (Wildman–Crippen MR) is 58.1 cm³/mol. The number of fused-ring (bicyclic) bond motifs is 1. The number of rotatable bonds is 2. The Morgan fingerprint density at radius 1 is 1.27 bits per heavy atom. The van der Waals surface area contributed by atoms with Crippen molar-refractivity contribution in [1.82, 2.24) is 4.98 Å². The molecule has 0 aliphatic heterocycles. The number of hydrogen-bond acceptors (Lipinski definition) is 4. The van der Waals surface area contributed by atoms with Gasteiger partial charge in [-0.25, -0.2) is 4.98 Å². The maximum Gasteiger partial charge on any atom is 0.267 e. The van der Waals surface area contributed by atoms with E-state index in [0.29, 0.717) is 5.52 Å². The number of pyridine rings is 1. The van der Waals surface area contributed by atoms with Gasteiger partial charge in [-0.1, -0.05) is 6.07 Å². The van der Waals surface area contributed by atoms with E-state index in [1.165, 1.54) is 0 Å². The number of hydrogen-bond donors (Lipinski definition) is 3. The minimum Gasteiger partial charge on any atom is -0.364 e. The first-order chi connectivity index (χ1) is 7.22. The highest BCUT2D eigenvalue weighted by molar-refractivity contribution is 5.96. The van der Waals surface area contributed by atoms with Gasteiger partial charge in [0, 0.05) is 5.39 Å². The lowest BCUT2D eigenvalue weighted by Crippen LogP contribution is -2.13. The first-order valence-electron chi connectivity index (χ1n) is 4.38. The van der Waals surface area contributed by atoms with Gasteiger partial charge >= 0.3 is 0 Å². The van der Waals surface area contributed by atoms with Crippen molar-refractivity contribution in [3.8, 4) is 0 Å². The Morgan fingerprint density at radius 3 is 2.73 bits per heavy atom. The molecule has 0 unspecified atom stereocenters. The number of anilines is 1. The highest BCUT2D eigenvalue weighted by atomic mass is 16.1. The predicted octanol–water partition coefficient (Wildman–Crippen LogP) is 0.619. The molecule has 0 atom stereocenters. The zero-order valence-electron chi connectivity index (χ0n) is 7.90. The second-order valence-corrected chi connectivity index (χ2v) is 3.08. The summed E-state index contributed by atoms with van der Waals surface area (Å²) in [5.41, 5.74) is 9.39. The zero-order chi connectivity index (χ0) is 10.8. The van der Waals surface area contributed by atoms with Crippen LogP contribution in [0, 0.1) is 0 Å². The third-order valence-corrected chi connectivity index (χ3v) is 2.14. The number of aromatic nitrogens is 1. The maximum absolute atomic E-state index is 10.9. The van der Waals surface area contributed by atoms with Crippen molar-refractivity contribution in [3.05, 3.63) is 36.0 Å². The molecule has 2 aromatic rings. The van der Waals surface area contributed by atoms with Crippen LogP contribution < -0.4 is 17.0 Å². The van der Waals surface area contributed by atoms with E-state index in [0.717, 1.165) is 11.1 Å². The molecule has 1 aromatic carbocycles. The quantitative estimate of drug-likeness (QED) is 0.491. The fourth-order valence-electron chi connectivity index (χ4n) is 1.42. The molecule has 5 N–H and O–H groups in total. The molecule has 0 radical (unpaired) electrons. The number of hydrazine groups is 1. The van der Waals surface area contributed by atoms with Gasteiger partial charge in [0.2, 0.25) is 0 Å². The van der Waals surface area contributed by atoms with Crippen molar-refractivity contribution < 1.29 is 4.79 Å². The Balaban J connectivity index is 2.69. The number of primary amides is 1. The van der Waals surface area contributed by atoms with Crippen LogP contribution in [-0.2, 0) is 0 Å². The molecule has 0 spiro atoms. The minimum atomic E-state index is -0.539. The summed E-state index contributed by atoms with van der Waals surface area (Å²) in [6.07, 6.45) is 0. The molecule has 15 heavy (non-hydrogen) atoms. The molecule has 1 aromatic heterocycles. The molecule has 0 aliphatic carbocycles. The van der Waals surface area contributed by atoms with Gasteiger partial charge in [0.15, 0.2) is 0 Å². The Labute approximate surface area is 86.1 Å². The third kappa shape index (κ3) is 1.60. The van der Waals surface area contributed by atoms with E-state index in [2.05, 4.69) is 10.4 Å². The molecule has 1 heterocycles. The first-order valence-corrected chi connectivity index (χ1v) is 4.38. The van der Waals surface area contributed by atoms with E-state index in [9.17, 15) is 4.79 Å². The fraction of sp³-hybridized carbons (Fsp3) is 0. The van der Waals surface area contributed by atoms with E-state index in [4.69, 9.17) is 11.6 Å². The average molecular weight is 202 g/mol. The van der Waals surface area contributed by atoms with Crippen LogP contribution in [0.25, 0.3) is 10.9 Å². The lowest BCUT2D eigenvalue weighted by Gasteiger charge is -2.05. The molecule has 5 heteroatoms. The largest absolute Gasteiger partial charge is 0.364 e. The van der Waals surface area contributed by atoms with E-state index in [-0.39, 0.29) is 5.69 Å². The molecule has 76 valence electrons. The summed E-state index contributed by atoms with van der Waals surface area (Å²) >= 11 is 0. The summed E-state index contributed by atoms with van der Waals surface area (Å²) in [6, 6.07) is 8.76. The first kappa shape index (κ1) is 9.42. The van der Waals surface area contributed by atoms with Crippen molar-refractivity contribution in [2.45, 2.75) is 0 Å². The van der Waals surface area contributed by atoms with E-state index in [1.807, 2.05) is 6.07 Å².